The van der Waals surface area contributed by atoms with Gasteiger partial charge in [0.15, 0.2) is 5.96 Å². The lowest BCUT2D eigenvalue weighted by Gasteiger charge is -2.10. The first kappa shape index (κ1) is 13.2. The van der Waals surface area contributed by atoms with E-state index in [2.05, 4.69) is 20.7 Å². The second-order valence-corrected chi connectivity index (χ2v) is 4.20. The number of hydrogen-bond donors (Lipinski definition) is 2. The van der Waals surface area contributed by atoms with E-state index in [9.17, 15) is 0 Å². The quantitative estimate of drug-likeness (QED) is 0.620. The van der Waals surface area contributed by atoms with Crippen LogP contribution in [0.4, 0.5) is 0 Å². The number of aliphatic imine (C=N–C) groups is 1. The van der Waals surface area contributed by atoms with Gasteiger partial charge >= 0.3 is 0 Å². The molecule has 0 atom stereocenters. The first-order valence-corrected chi connectivity index (χ1v) is 6.22. The molecule has 0 bridgehead atoms. The normalized spacial score (nSPS) is 11.6. The molecule has 2 N–H and O–H groups in total. The van der Waals surface area contributed by atoms with Crippen LogP contribution in [0.5, 0.6) is 0 Å². The number of aryl methyl sites for hydroxylation is 1. The van der Waals surface area contributed by atoms with Crippen LogP contribution in [0.2, 0.25) is 0 Å². The number of nitrogens with zero attached hydrogens (tertiary/aromatic N) is 3. The highest BCUT2D eigenvalue weighted by Crippen LogP contribution is 1.98. The van der Waals surface area contributed by atoms with Crippen molar-refractivity contribution in [3.63, 3.8) is 0 Å². The summed E-state index contributed by atoms with van der Waals surface area (Å²) in [5.41, 5.74) is 1.21. The highest BCUT2D eigenvalue weighted by Gasteiger charge is 2.00. The summed E-state index contributed by atoms with van der Waals surface area (Å²) in [6, 6.07) is 3.80. The number of rotatable bonds is 5. The van der Waals surface area contributed by atoms with E-state index in [1.165, 1.54) is 5.56 Å². The van der Waals surface area contributed by atoms with Gasteiger partial charge in [-0.25, -0.2) is 0 Å². The lowest BCUT2D eigenvalue weighted by Crippen LogP contribution is -2.37. The molecule has 0 fully saturated rings. The molecule has 2 aromatic heterocycles. The molecule has 0 radical (unpaired) electrons. The van der Waals surface area contributed by atoms with Crippen molar-refractivity contribution in [1.29, 1.82) is 0 Å². The maximum atomic E-state index is 5.25. The van der Waals surface area contributed by atoms with Crippen molar-refractivity contribution < 1.29 is 4.42 Å². The molecule has 0 saturated heterocycles. The number of furan rings is 1. The molecule has 19 heavy (non-hydrogen) atoms. The summed E-state index contributed by atoms with van der Waals surface area (Å²) in [6.07, 6.45) is 6.46. The Balaban J connectivity index is 1.71. The van der Waals surface area contributed by atoms with Gasteiger partial charge in [-0.3, -0.25) is 9.67 Å². The van der Waals surface area contributed by atoms with E-state index in [1.807, 2.05) is 31.6 Å². The molecule has 0 aliphatic carbocycles. The van der Waals surface area contributed by atoms with E-state index in [0.29, 0.717) is 6.54 Å². The summed E-state index contributed by atoms with van der Waals surface area (Å²) >= 11 is 0. The minimum absolute atomic E-state index is 0.625. The van der Waals surface area contributed by atoms with E-state index >= 15 is 0 Å². The molecular formula is C13H19N5O. The molecule has 0 amide bonds. The SMILES string of the molecule is CN=C(NCCc1cnn(C)c1)NCc1ccco1. The minimum atomic E-state index is 0.625. The topological polar surface area (TPSA) is 67.4 Å². The Morgan fingerprint density at radius 3 is 3.00 bits per heavy atom. The summed E-state index contributed by atoms with van der Waals surface area (Å²) in [4.78, 5) is 4.16. The van der Waals surface area contributed by atoms with E-state index in [0.717, 1.165) is 24.7 Å². The van der Waals surface area contributed by atoms with E-state index in [1.54, 1.807) is 18.0 Å². The summed E-state index contributed by atoms with van der Waals surface area (Å²) in [6.45, 7) is 1.43. The number of guanidine groups is 1. The minimum Gasteiger partial charge on any atom is -0.467 e. The molecule has 6 nitrogen and oxygen atoms in total. The van der Waals surface area contributed by atoms with Gasteiger partial charge < -0.3 is 15.1 Å². The number of nitrogens with one attached hydrogen (secondary N) is 2. The third-order valence-electron chi connectivity index (χ3n) is 2.70. The maximum Gasteiger partial charge on any atom is 0.191 e. The number of aromatic nitrogens is 2. The summed E-state index contributed by atoms with van der Waals surface area (Å²) < 4.78 is 7.05. The summed E-state index contributed by atoms with van der Waals surface area (Å²) in [7, 11) is 3.67. The van der Waals surface area contributed by atoms with Gasteiger partial charge in [-0.2, -0.15) is 5.10 Å². The molecule has 0 unspecified atom stereocenters. The number of hydrogen-bond acceptors (Lipinski definition) is 3. The Kier molecular flexibility index (Phi) is 4.60. The molecule has 102 valence electrons. The highest BCUT2D eigenvalue weighted by molar-refractivity contribution is 5.79. The molecule has 0 aromatic carbocycles. The Labute approximate surface area is 112 Å². The van der Waals surface area contributed by atoms with Gasteiger partial charge in [0.05, 0.1) is 19.0 Å². The zero-order valence-corrected chi connectivity index (χ0v) is 11.3. The van der Waals surface area contributed by atoms with Crippen molar-refractivity contribution in [2.45, 2.75) is 13.0 Å². The Hall–Kier alpha value is -2.24. The van der Waals surface area contributed by atoms with Crippen molar-refractivity contribution in [1.82, 2.24) is 20.4 Å². The van der Waals surface area contributed by atoms with Crippen LogP contribution in [-0.2, 0) is 20.0 Å². The summed E-state index contributed by atoms with van der Waals surface area (Å²) in [5, 5.41) is 10.6. The fraction of sp³-hybridized carbons (Fsp3) is 0.385. The van der Waals surface area contributed by atoms with Crippen LogP contribution in [0.25, 0.3) is 0 Å². The van der Waals surface area contributed by atoms with Crippen LogP contribution in [-0.4, -0.2) is 29.3 Å². The van der Waals surface area contributed by atoms with Gasteiger partial charge in [-0.15, -0.1) is 0 Å². The standard InChI is InChI=1S/C13H19N5O/c1-14-13(16-9-12-4-3-7-19-12)15-6-5-11-8-17-18(2)10-11/h3-4,7-8,10H,5-6,9H2,1-2H3,(H2,14,15,16). The lowest BCUT2D eigenvalue weighted by molar-refractivity contribution is 0.501. The lowest BCUT2D eigenvalue weighted by atomic mass is 10.2. The molecule has 0 aliphatic heterocycles. The van der Waals surface area contributed by atoms with Crippen LogP contribution in [0.1, 0.15) is 11.3 Å². The highest BCUT2D eigenvalue weighted by atomic mass is 16.3. The van der Waals surface area contributed by atoms with Crippen molar-refractivity contribution in [2.75, 3.05) is 13.6 Å². The van der Waals surface area contributed by atoms with Crippen LogP contribution >= 0.6 is 0 Å². The Bertz CT molecular complexity index is 515. The fourth-order valence-electron chi connectivity index (χ4n) is 1.73. The van der Waals surface area contributed by atoms with Gasteiger partial charge in [0.1, 0.15) is 5.76 Å². The van der Waals surface area contributed by atoms with Gasteiger partial charge in [0.2, 0.25) is 0 Å². The van der Waals surface area contributed by atoms with Crippen LogP contribution in [0.3, 0.4) is 0 Å². The second-order valence-electron chi connectivity index (χ2n) is 4.20. The van der Waals surface area contributed by atoms with E-state index in [-0.39, 0.29) is 0 Å². The van der Waals surface area contributed by atoms with Gasteiger partial charge in [0.25, 0.3) is 0 Å². The van der Waals surface area contributed by atoms with E-state index < -0.39 is 0 Å². The van der Waals surface area contributed by atoms with Gasteiger partial charge in [-0.05, 0) is 24.1 Å². The molecule has 0 spiro atoms. The first-order valence-electron chi connectivity index (χ1n) is 6.22. The van der Waals surface area contributed by atoms with Crippen LogP contribution in [0.15, 0.2) is 40.2 Å². The molecule has 0 saturated carbocycles. The van der Waals surface area contributed by atoms with Crippen molar-refractivity contribution in [3.05, 3.63) is 42.1 Å². The van der Waals surface area contributed by atoms with Gasteiger partial charge in [-0.1, -0.05) is 0 Å². The fourth-order valence-corrected chi connectivity index (χ4v) is 1.73. The van der Waals surface area contributed by atoms with Crippen molar-refractivity contribution in [2.24, 2.45) is 12.0 Å². The van der Waals surface area contributed by atoms with Crippen LogP contribution in [0, 0.1) is 0 Å². The Morgan fingerprint density at radius 2 is 2.37 bits per heavy atom. The van der Waals surface area contributed by atoms with Gasteiger partial charge in [0, 0.05) is 26.8 Å². The van der Waals surface area contributed by atoms with Crippen molar-refractivity contribution in [3.8, 4) is 0 Å². The third kappa shape index (κ3) is 4.17. The molecule has 6 heteroatoms. The molecule has 2 aromatic rings. The third-order valence-corrected chi connectivity index (χ3v) is 2.70. The Morgan fingerprint density at radius 1 is 1.47 bits per heavy atom. The smallest absolute Gasteiger partial charge is 0.191 e. The van der Waals surface area contributed by atoms with Crippen molar-refractivity contribution >= 4 is 5.96 Å². The molecule has 2 rings (SSSR count). The predicted molar refractivity (Wildman–Crippen MR) is 73.8 cm³/mol. The zero-order valence-electron chi connectivity index (χ0n) is 11.3. The first-order chi connectivity index (χ1) is 9.28. The average molecular weight is 261 g/mol. The maximum absolute atomic E-state index is 5.25. The zero-order chi connectivity index (χ0) is 13.5. The largest absolute Gasteiger partial charge is 0.467 e. The monoisotopic (exact) mass is 261 g/mol. The average Bonchev–Trinajstić information content (AvgIpc) is 3.05. The van der Waals surface area contributed by atoms with E-state index in [4.69, 9.17) is 4.42 Å². The molecule has 0 aliphatic rings. The molecular weight excluding hydrogens is 242 g/mol. The van der Waals surface area contributed by atoms with Crippen LogP contribution < -0.4 is 10.6 Å². The predicted octanol–water partition coefficient (Wildman–Crippen LogP) is 0.921. The second kappa shape index (κ2) is 6.63. The summed E-state index contributed by atoms with van der Waals surface area (Å²) in [5.74, 6) is 1.65. The molecule has 2 heterocycles.